The fourth-order valence-electron chi connectivity index (χ4n) is 4.99. The van der Waals surface area contributed by atoms with Crippen molar-refractivity contribution < 1.29 is 0 Å². The topological polar surface area (TPSA) is 58.3 Å². The highest BCUT2D eigenvalue weighted by Gasteiger charge is 2.19. The van der Waals surface area contributed by atoms with Crippen LogP contribution in [0.3, 0.4) is 0 Å². The summed E-state index contributed by atoms with van der Waals surface area (Å²) < 4.78 is 2.30. The highest BCUT2D eigenvalue weighted by molar-refractivity contribution is 5.84. The van der Waals surface area contributed by atoms with Crippen LogP contribution in [-0.2, 0) is 0 Å². The third-order valence-electron chi connectivity index (χ3n) is 7.00. The van der Waals surface area contributed by atoms with E-state index in [9.17, 15) is 0 Å². The third kappa shape index (κ3) is 4.36. The van der Waals surface area contributed by atoms with Crippen molar-refractivity contribution in [3.05, 3.63) is 96.1 Å². The number of likely N-dealkylation sites (tertiary alicyclic amines) is 1. The Balaban J connectivity index is 1.61. The van der Waals surface area contributed by atoms with Crippen LogP contribution in [0.15, 0.2) is 90.1 Å². The van der Waals surface area contributed by atoms with E-state index in [2.05, 4.69) is 93.5 Å². The largest absolute Gasteiger partial charge is 0.352 e. The molecule has 0 unspecified atom stereocenters. The summed E-state index contributed by atoms with van der Waals surface area (Å²) >= 11 is 0. The van der Waals surface area contributed by atoms with E-state index < -0.39 is 0 Å². The Bertz CT molecular complexity index is 1550. The lowest BCUT2D eigenvalue weighted by atomic mass is 10.1. The molecule has 36 heavy (non-hydrogen) atoms. The molecule has 0 spiro atoms. The summed E-state index contributed by atoms with van der Waals surface area (Å²) in [5.74, 6) is 0. The van der Waals surface area contributed by atoms with Gasteiger partial charge in [0.05, 0.1) is 50.9 Å². The number of nitrogens with one attached hydrogen (secondary N) is 1. The van der Waals surface area contributed by atoms with Crippen LogP contribution >= 0.6 is 0 Å². The molecule has 0 atom stereocenters. The molecule has 3 aliphatic rings. The highest BCUT2D eigenvalue weighted by atomic mass is 15.1. The SMILES string of the molecule is Cc1ncccc1Nc1cc2nc3ccccc3n(-c3ccccc3)c-2c/c1=N\C1CCN(C)CC1. The quantitative estimate of drug-likeness (QED) is 0.346. The van der Waals surface area contributed by atoms with Gasteiger partial charge in [-0.3, -0.25) is 9.98 Å². The second-order valence-electron chi connectivity index (χ2n) is 9.55. The van der Waals surface area contributed by atoms with Gasteiger partial charge in [0.15, 0.2) is 0 Å². The molecule has 3 heterocycles. The minimum absolute atomic E-state index is 0.299. The van der Waals surface area contributed by atoms with Gasteiger partial charge in [0.25, 0.3) is 0 Å². The normalized spacial score (nSPS) is 15.6. The van der Waals surface area contributed by atoms with Gasteiger partial charge in [-0.2, -0.15) is 0 Å². The Morgan fingerprint density at radius 1 is 0.889 bits per heavy atom. The lowest BCUT2D eigenvalue weighted by Gasteiger charge is -2.27. The second-order valence-corrected chi connectivity index (χ2v) is 9.55. The monoisotopic (exact) mass is 474 g/mol. The zero-order chi connectivity index (χ0) is 24.5. The zero-order valence-corrected chi connectivity index (χ0v) is 20.7. The first-order chi connectivity index (χ1) is 17.7. The molecule has 2 aliphatic heterocycles. The predicted octanol–water partition coefficient (Wildman–Crippen LogP) is 5.57. The summed E-state index contributed by atoms with van der Waals surface area (Å²) in [6, 6.07) is 27.5. The zero-order valence-electron chi connectivity index (χ0n) is 20.7. The maximum absolute atomic E-state index is 5.29. The van der Waals surface area contributed by atoms with E-state index >= 15 is 0 Å². The summed E-state index contributed by atoms with van der Waals surface area (Å²) in [5.41, 5.74) is 7.99. The molecule has 1 fully saturated rings. The molecule has 1 aromatic heterocycles. The smallest absolute Gasteiger partial charge is 0.0900 e. The Labute approximate surface area is 211 Å². The lowest BCUT2D eigenvalue weighted by Crippen LogP contribution is -2.33. The molecule has 0 bridgehead atoms. The first kappa shape index (κ1) is 22.4. The number of aryl methyl sites for hydroxylation is 1. The van der Waals surface area contributed by atoms with Crippen molar-refractivity contribution >= 4 is 22.4 Å². The highest BCUT2D eigenvalue weighted by Crippen LogP contribution is 2.30. The molecule has 3 aromatic rings. The number of benzene rings is 3. The minimum atomic E-state index is 0.299. The van der Waals surface area contributed by atoms with Crippen LogP contribution in [0, 0.1) is 6.92 Å². The number of anilines is 2. The van der Waals surface area contributed by atoms with E-state index in [-0.39, 0.29) is 0 Å². The summed E-state index contributed by atoms with van der Waals surface area (Å²) in [7, 11) is 2.18. The molecule has 180 valence electrons. The molecule has 0 saturated carbocycles. The van der Waals surface area contributed by atoms with Gasteiger partial charge in [0.2, 0.25) is 0 Å². The van der Waals surface area contributed by atoms with Crippen molar-refractivity contribution in [2.45, 2.75) is 25.8 Å². The van der Waals surface area contributed by atoms with Crippen LogP contribution in [0.25, 0.3) is 28.1 Å². The first-order valence-electron chi connectivity index (χ1n) is 12.6. The van der Waals surface area contributed by atoms with Crippen LogP contribution in [0.4, 0.5) is 11.4 Å². The maximum Gasteiger partial charge on any atom is 0.0900 e. The second kappa shape index (κ2) is 9.55. The molecule has 0 amide bonds. The molecule has 6 heteroatoms. The Kier molecular flexibility index (Phi) is 5.95. The van der Waals surface area contributed by atoms with Gasteiger partial charge in [-0.15, -0.1) is 0 Å². The fraction of sp³-hybridized carbons (Fsp3) is 0.233. The van der Waals surface area contributed by atoms with Crippen LogP contribution in [0.2, 0.25) is 0 Å². The standard InChI is InChI=1S/C30H30N6/c1-21-24(12-8-16-31-21)33-26-19-28-30(20-27(26)32-22-14-17-35(2)18-15-22)36(23-9-4-3-5-10-23)29-13-7-6-11-25(29)34-28/h3-13,16,19-20,22,33H,14-15,17-18H2,1-2H3/b32-27+. The summed E-state index contributed by atoms with van der Waals surface area (Å²) in [6.45, 7) is 4.16. The van der Waals surface area contributed by atoms with Crippen LogP contribution in [-0.4, -0.2) is 45.6 Å². The number of hydrogen-bond acceptors (Lipinski definition) is 5. The van der Waals surface area contributed by atoms with Gasteiger partial charge in [-0.1, -0.05) is 30.3 Å². The molecule has 1 saturated heterocycles. The van der Waals surface area contributed by atoms with Crippen LogP contribution < -0.4 is 10.7 Å². The van der Waals surface area contributed by atoms with Crippen molar-refractivity contribution in [2.24, 2.45) is 4.99 Å². The van der Waals surface area contributed by atoms with E-state index in [1.165, 1.54) is 0 Å². The Morgan fingerprint density at radius 3 is 2.47 bits per heavy atom. The van der Waals surface area contributed by atoms with Crippen molar-refractivity contribution in [3.63, 3.8) is 0 Å². The van der Waals surface area contributed by atoms with Crippen molar-refractivity contribution in [1.29, 1.82) is 0 Å². The van der Waals surface area contributed by atoms with Gasteiger partial charge >= 0.3 is 0 Å². The first-order valence-corrected chi connectivity index (χ1v) is 12.6. The van der Waals surface area contributed by atoms with E-state index in [0.717, 1.165) is 76.5 Å². The number of pyridine rings is 1. The van der Waals surface area contributed by atoms with Gasteiger partial charge in [-0.25, -0.2) is 4.98 Å². The van der Waals surface area contributed by atoms with Gasteiger partial charge < -0.3 is 14.8 Å². The Morgan fingerprint density at radius 2 is 1.67 bits per heavy atom. The number of rotatable bonds is 4. The van der Waals surface area contributed by atoms with Crippen LogP contribution in [0.5, 0.6) is 0 Å². The molecule has 2 aromatic carbocycles. The van der Waals surface area contributed by atoms with Gasteiger partial charge in [-0.05, 0) is 88.4 Å². The van der Waals surface area contributed by atoms with Crippen molar-refractivity contribution in [2.75, 3.05) is 25.5 Å². The van der Waals surface area contributed by atoms with Gasteiger partial charge in [0.1, 0.15) is 0 Å². The van der Waals surface area contributed by atoms with Crippen molar-refractivity contribution in [1.82, 2.24) is 19.4 Å². The van der Waals surface area contributed by atoms with E-state index in [4.69, 9.17) is 9.98 Å². The molecule has 6 nitrogen and oxygen atoms in total. The van der Waals surface area contributed by atoms with E-state index in [0.29, 0.717) is 6.04 Å². The molecule has 1 N–H and O–H groups in total. The van der Waals surface area contributed by atoms with Crippen molar-refractivity contribution in [3.8, 4) is 17.1 Å². The number of aromatic nitrogens is 3. The summed E-state index contributed by atoms with van der Waals surface area (Å²) in [5, 5.41) is 4.58. The third-order valence-corrected chi connectivity index (χ3v) is 7.00. The summed E-state index contributed by atoms with van der Waals surface area (Å²) in [6.07, 6.45) is 3.95. The number of para-hydroxylation sites is 3. The van der Waals surface area contributed by atoms with E-state index in [1.54, 1.807) is 0 Å². The molecule has 1 aliphatic carbocycles. The summed E-state index contributed by atoms with van der Waals surface area (Å²) in [4.78, 5) is 17.2. The average Bonchev–Trinajstić information content (AvgIpc) is 2.91. The number of hydrogen-bond donors (Lipinski definition) is 1. The van der Waals surface area contributed by atoms with E-state index in [1.807, 2.05) is 25.3 Å². The lowest BCUT2D eigenvalue weighted by molar-refractivity contribution is 0.255. The predicted molar refractivity (Wildman–Crippen MR) is 146 cm³/mol. The molecular weight excluding hydrogens is 444 g/mol. The Hall–Kier alpha value is -4.03. The molecule has 0 radical (unpaired) electrons. The minimum Gasteiger partial charge on any atom is -0.352 e. The number of nitrogens with zero attached hydrogens (tertiary/aromatic N) is 5. The van der Waals surface area contributed by atoms with Gasteiger partial charge in [0, 0.05) is 11.9 Å². The number of fused-ring (bicyclic) bond motifs is 2. The maximum atomic E-state index is 5.29. The van der Waals surface area contributed by atoms with Crippen LogP contribution in [0.1, 0.15) is 18.5 Å². The fourth-order valence-corrected chi connectivity index (χ4v) is 4.99. The molecular formula is C30H30N6. The average molecular weight is 475 g/mol. The molecule has 6 rings (SSSR count). The number of piperidine rings is 1.